The Kier molecular flexibility index (Phi) is 6.02. The monoisotopic (exact) mass is 438 g/mol. The van der Waals surface area contributed by atoms with E-state index in [1.165, 1.54) is 22.7 Å². The van der Waals surface area contributed by atoms with E-state index in [2.05, 4.69) is 45.4 Å². The SMILES string of the molecule is Cc1ccc2[nH]c(-c3ccccn3)c(CCCC(=O)Nc3ncc(Cl)cc3Cl)c2c1. The minimum absolute atomic E-state index is 0.137. The van der Waals surface area contributed by atoms with E-state index in [0.29, 0.717) is 28.7 Å². The van der Waals surface area contributed by atoms with Crippen LogP contribution in [0.4, 0.5) is 5.82 Å². The maximum Gasteiger partial charge on any atom is 0.225 e. The maximum absolute atomic E-state index is 12.4. The van der Waals surface area contributed by atoms with E-state index in [1.807, 2.05) is 18.2 Å². The number of aromatic nitrogens is 3. The standard InChI is InChI=1S/C23H20Cl2N4O/c1-14-8-9-19-17(11-14)16(22(28-19)20-6-2-3-10-26-20)5-4-7-21(30)29-23-18(25)12-15(24)13-27-23/h2-3,6,8-13,28H,4-5,7H2,1H3,(H,27,29,30). The van der Waals surface area contributed by atoms with Gasteiger partial charge >= 0.3 is 0 Å². The number of carbonyl (C=O) groups excluding carboxylic acids is 1. The van der Waals surface area contributed by atoms with E-state index < -0.39 is 0 Å². The number of H-pyrrole nitrogens is 1. The Labute approximate surface area is 184 Å². The van der Waals surface area contributed by atoms with Crippen LogP contribution in [0.2, 0.25) is 10.0 Å². The van der Waals surface area contributed by atoms with Crippen LogP contribution < -0.4 is 5.32 Å². The molecule has 30 heavy (non-hydrogen) atoms. The number of fused-ring (bicyclic) bond motifs is 1. The van der Waals surface area contributed by atoms with Gasteiger partial charge in [0.1, 0.15) is 0 Å². The fourth-order valence-electron chi connectivity index (χ4n) is 3.48. The molecule has 0 atom stereocenters. The molecule has 0 unspecified atom stereocenters. The van der Waals surface area contributed by atoms with Crippen LogP contribution >= 0.6 is 23.2 Å². The Bertz CT molecular complexity index is 1200. The summed E-state index contributed by atoms with van der Waals surface area (Å²) in [6.45, 7) is 2.08. The third-order valence-corrected chi connectivity index (χ3v) is 5.37. The van der Waals surface area contributed by atoms with Crippen LogP contribution in [0.15, 0.2) is 54.9 Å². The van der Waals surface area contributed by atoms with Gasteiger partial charge < -0.3 is 10.3 Å². The van der Waals surface area contributed by atoms with Crippen molar-refractivity contribution in [2.75, 3.05) is 5.32 Å². The van der Waals surface area contributed by atoms with Crippen molar-refractivity contribution >= 4 is 45.8 Å². The molecule has 0 saturated heterocycles. The van der Waals surface area contributed by atoms with Crippen molar-refractivity contribution < 1.29 is 4.79 Å². The number of rotatable bonds is 6. The van der Waals surface area contributed by atoms with Crippen LogP contribution in [0.3, 0.4) is 0 Å². The summed E-state index contributed by atoms with van der Waals surface area (Å²) in [6, 6.07) is 13.8. The lowest BCUT2D eigenvalue weighted by molar-refractivity contribution is -0.116. The first-order valence-corrected chi connectivity index (χ1v) is 10.4. The molecule has 0 aliphatic heterocycles. The Hall–Kier alpha value is -2.89. The van der Waals surface area contributed by atoms with Crippen molar-refractivity contribution in [3.8, 4) is 11.4 Å². The van der Waals surface area contributed by atoms with E-state index in [4.69, 9.17) is 23.2 Å². The summed E-state index contributed by atoms with van der Waals surface area (Å²) in [7, 11) is 0. The lowest BCUT2D eigenvalue weighted by Crippen LogP contribution is -2.13. The quantitative estimate of drug-likeness (QED) is 0.376. The van der Waals surface area contributed by atoms with Gasteiger partial charge in [0.15, 0.2) is 5.82 Å². The number of hydrogen-bond donors (Lipinski definition) is 2. The van der Waals surface area contributed by atoms with Crippen molar-refractivity contribution in [3.05, 3.63) is 76.0 Å². The zero-order valence-electron chi connectivity index (χ0n) is 16.4. The minimum atomic E-state index is -0.137. The van der Waals surface area contributed by atoms with Gasteiger partial charge in [-0.2, -0.15) is 0 Å². The summed E-state index contributed by atoms with van der Waals surface area (Å²) in [6.07, 6.45) is 5.01. The van der Waals surface area contributed by atoms with Gasteiger partial charge in [0.2, 0.25) is 5.91 Å². The van der Waals surface area contributed by atoms with Gasteiger partial charge in [0, 0.05) is 29.7 Å². The molecule has 0 bridgehead atoms. The van der Waals surface area contributed by atoms with Gasteiger partial charge in [0.25, 0.3) is 0 Å². The number of anilines is 1. The summed E-state index contributed by atoms with van der Waals surface area (Å²) in [5.74, 6) is 0.185. The number of aromatic amines is 1. The molecule has 3 heterocycles. The zero-order valence-corrected chi connectivity index (χ0v) is 17.9. The van der Waals surface area contributed by atoms with E-state index in [-0.39, 0.29) is 5.91 Å². The number of benzene rings is 1. The molecule has 3 aromatic heterocycles. The molecule has 0 aliphatic rings. The molecule has 0 spiro atoms. The summed E-state index contributed by atoms with van der Waals surface area (Å²) in [5.41, 5.74) is 5.32. The minimum Gasteiger partial charge on any atom is -0.353 e. The van der Waals surface area contributed by atoms with Crippen molar-refractivity contribution in [1.29, 1.82) is 0 Å². The highest BCUT2D eigenvalue weighted by atomic mass is 35.5. The van der Waals surface area contributed by atoms with E-state index in [1.54, 1.807) is 12.3 Å². The molecular formula is C23H20Cl2N4O. The second kappa shape index (κ2) is 8.86. The summed E-state index contributed by atoms with van der Waals surface area (Å²) in [4.78, 5) is 24.5. The second-order valence-corrected chi connectivity index (χ2v) is 7.97. The fourth-order valence-corrected chi connectivity index (χ4v) is 3.90. The predicted octanol–water partition coefficient (Wildman–Crippen LogP) is 6.20. The molecule has 4 aromatic rings. The highest BCUT2D eigenvalue weighted by Gasteiger charge is 2.15. The Morgan fingerprint density at radius 3 is 2.77 bits per heavy atom. The molecule has 7 heteroatoms. The lowest BCUT2D eigenvalue weighted by Gasteiger charge is -2.07. The van der Waals surface area contributed by atoms with Gasteiger partial charge in [-0.3, -0.25) is 9.78 Å². The van der Waals surface area contributed by atoms with Gasteiger partial charge in [-0.15, -0.1) is 0 Å². The number of pyridine rings is 2. The molecule has 4 rings (SSSR count). The Balaban J connectivity index is 1.52. The summed E-state index contributed by atoms with van der Waals surface area (Å²) < 4.78 is 0. The second-order valence-electron chi connectivity index (χ2n) is 7.13. The van der Waals surface area contributed by atoms with Crippen LogP contribution in [0, 0.1) is 6.92 Å². The molecule has 0 saturated carbocycles. The first-order valence-electron chi connectivity index (χ1n) is 9.65. The van der Waals surface area contributed by atoms with Crippen LogP contribution in [0.5, 0.6) is 0 Å². The Morgan fingerprint density at radius 1 is 1.13 bits per heavy atom. The zero-order chi connectivity index (χ0) is 21.1. The van der Waals surface area contributed by atoms with Crippen molar-refractivity contribution in [1.82, 2.24) is 15.0 Å². The smallest absolute Gasteiger partial charge is 0.225 e. The topological polar surface area (TPSA) is 70.7 Å². The Morgan fingerprint density at radius 2 is 2.00 bits per heavy atom. The van der Waals surface area contributed by atoms with Crippen molar-refractivity contribution in [2.24, 2.45) is 0 Å². The molecule has 152 valence electrons. The van der Waals surface area contributed by atoms with E-state index in [9.17, 15) is 4.79 Å². The molecule has 0 radical (unpaired) electrons. The van der Waals surface area contributed by atoms with E-state index in [0.717, 1.165) is 23.3 Å². The van der Waals surface area contributed by atoms with Gasteiger partial charge in [-0.1, -0.05) is 40.9 Å². The number of amides is 1. The molecule has 1 aromatic carbocycles. The van der Waals surface area contributed by atoms with Gasteiger partial charge in [-0.25, -0.2) is 4.98 Å². The predicted molar refractivity (Wildman–Crippen MR) is 122 cm³/mol. The van der Waals surface area contributed by atoms with Crippen molar-refractivity contribution in [2.45, 2.75) is 26.2 Å². The maximum atomic E-state index is 12.4. The summed E-state index contributed by atoms with van der Waals surface area (Å²) in [5, 5.41) is 4.66. The molecule has 5 nitrogen and oxygen atoms in total. The first kappa shape index (κ1) is 20.4. The summed E-state index contributed by atoms with van der Waals surface area (Å²) >= 11 is 11.9. The molecule has 1 amide bonds. The van der Waals surface area contributed by atoms with Gasteiger partial charge in [-0.05, 0) is 55.7 Å². The number of carbonyl (C=O) groups is 1. The number of aryl methyl sites for hydroxylation is 2. The average Bonchev–Trinajstić information content (AvgIpc) is 3.08. The average molecular weight is 439 g/mol. The lowest BCUT2D eigenvalue weighted by atomic mass is 10.0. The molecular weight excluding hydrogens is 419 g/mol. The van der Waals surface area contributed by atoms with Crippen molar-refractivity contribution in [3.63, 3.8) is 0 Å². The van der Waals surface area contributed by atoms with Crippen LogP contribution in [0.25, 0.3) is 22.3 Å². The van der Waals surface area contributed by atoms with E-state index >= 15 is 0 Å². The van der Waals surface area contributed by atoms with Crippen LogP contribution in [0.1, 0.15) is 24.0 Å². The van der Waals surface area contributed by atoms with Gasteiger partial charge in [0.05, 0.1) is 21.4 Å². The van der Waals surface area contributed by atoms with Crippen LogP contribution in [-0.4, -0.2) is 20.9 Å². The number of nitrogens with zero attached hydrogens (tertiary/aromatic N) is 2. The molecule has 0 fully saturated rings. The molecule has 0 aliphatic carbocycles. The third kappa shape index (κ3) is 4.48. The number of hydrogen-bond acceptors (Lipinski definition) is 3. The largest absolute Gasteiger partial charge is 0.353 e. The normalized spacial score (nSPS) is 11.0. The number of nitrogens with one attached hydrogen (secondary N) is 2. The highest BCUT2D eigenvalue weighted by Crippen LogP contribution is 2.31. The fraction of sp³-hybridized carbons (Fsp3) is 0.174. The molecule has 2 N–H and O–H groups in total. The number of halogens is 2. The third-order valence-electron chi connectivity index (χ3n) is 4.88. The highest BCUT2D eigenvalue weighted by molar-refractivity contribution is 6.36. The first-order chi connectivity index (χ1) is 14.5. The van der Waals surface area contributed by atoms with Crippen LogP contribution in [-0.2, 0) is 11.2 Å².